The molecule has 4 nitrogen and oxygen atoms in total. The van der Waals surface area contributed by atoms with E-state index in [0.29, 0.717) is 0 Å². The molecule has 0 saturated carbocycles. The van der Waals surface area contributed by atoms with Crippen molar-refractivity contribution in [3.05, 3.63) is 29.8 Å². The molecule has 1 aromatic rings. The highest BCUT2D eigenvalue weighted by Gasteiger charge is 2.17. The van der Waals surface area contributed by atoms with Crippen LogP contribution in [0.3, 0.4) is 0 Å². The van der Waals surface area contributed by atoms with E-state index in [4.69, 9.17) is 0 Å². The van der Waals surface area contributed by atoms with Gasteiger partial charge in [0.05, 0.1) is 0 Å². The third kappa shape index (κ3) is 2.33. The van der Waals surface area contributed by atoms with Crippen LogP contribution >= 0.6 is 0 Å². The van der Waals surface area contributed by atoms with Crippen LogP contribution in [0.25, 0.3) is 0 Å². The predicted molar refractivity (Wildman–Crippen MR) is 64.8 cm³/mol. The molecule has 1 fully saturated rings. The van der Waals surface area contributed by atoms with E-state index in [9.17, 15) is 4.79 Å². The van der Waals surface area contributed by atoms with E-state index in [-0.39, 0.29) is 5.91 Å². The lowest BCUT2D eigenvalue weighted by Gasteiger charge is -2.27. The minimum absolute atomic E-state index is 0.129. The smallest absolute Gasteiger partial charge is 0.253 e. The Kier molecular flexibility index (Phi) is 3.41. The van der Waals surface area contributed by atoms with Crippen LogP contribution in [0.15, 0.2) is 24.3 Å². The van der Waals surface area contributed by atoms with Gasteiger partial charge in [0.25, 0.3) is 5.91 Å². The largest absolute Gasteiger partial charge is 0.388 e. The van der Waals surface area contributed by atoms with Gasteiger partial charge in [0.15, 0.2) is 0 Å². The van der Waals surface area contributed by atoms with Crippen molar-refractivity contribution in [3.8, 4) is 0 Å². The van der Waals surface area contributed by atoms with Crippen molar-refractivity contribution < 1.29 is 4.79 Å². The molecule has 1 aliphatic rings. The standard InChI is InChI=1S/C12H17N3O/c1-13-11-4-2-10(3-5-11)12(16)15-8-6-14-7-9-15/h2-5,13-14H,6-9H2,1H3. The first-order valence-electron chi connectivity index (χ1n) is 5.59. The Bertz CT molecular complexity index is 355. The Morgan fingerprint density at radius 2 is 1.88 bits per heavy atom. The summed E-state index contributed by atoms with van der Waals surface area (Å²) in [7, 11) is 1.87. The number of anilines is 1. The molecule has 0 aliphatic carbocycles. The molecule has 0 bridgehead atoms. The molecule has 0 radical (unpaired) electrons. The average molecular weight is 219 g/mol. The topological polar surface area (TPSA) is 44.4 Å². The van der Waals surface area contributed by atoms with Crippen molar-refractivity contribution in [1.82, 2.24) is 10.2 Å². The molecule has 86 valence electrons. The molecule has 1 heterocycles. The summed E-state index contributed by atoms with van der Waals surface area (Å²) in [5.74, 6) is 0.129. The summed E-state index contributed by atoms with van der Waals surface area (Å²) in [5.41, 5.74) is 1.79. The van der Waals surface area contributed by atoms with E-state index in [1.165, 1.54) is 0 Å². The summed E-state index contributed by atoms with van der Waals surface area (Å²) in [6, 6.07) is 7.59. The van der Waals surface area contributed by atoms with Crippen LogP contribution in [-0.2, 0) is 0 Å². The maximum Gasteiger partial charge on any atom is 0.253 e. The lowest BCUT2D eigenvalue weighted by molar-refractivity contribution is 0.0736. The van der Waals surface area contributed by atoms with Crippen molar-refractivity contribution in [3.63, 3.8) is 0 Å². The number of hydrogen-bond donors (Lipinski definition) is 2. The maximum atomic E-state index is 12.1. The molecular weight excluding hydrogens is 202 g/mol. The van der Waals surface area contributed by atoms with Crippen LogP contribution in [0.5, 0.6) is 0 Å². The van der Waals surface area contributed by atoms with Crippen molar-refractivity contribution >= 4 is 11.6 Å². The monoisotopic (exact) mass is 219 g/mol. The summed E-state index contributed by atoms with van der Waals surface area (Å²) in [6.45, 7) is 3.37. The van der Waals surface area contributed by atoms with Gasteiger partial charge in [0.2, 0.25) is 0 Å². The van der Waals surface area contributed by atoms with Gasteiger partial charge in [-0.3, -0.25) is 4.79 Å². The Morgan fingerprint density at radius 3 is 2.44 bits per heavy atom. The average Bonchev–Trinajstić information content (AvgIpc) is 2.39. The van der Waals surface area contributed by atoms with Crippen molar-refractivity contribution in [2.45, 2.75) is 0 Å². The minimum Gasteiger partial charge on any atom is -0.388 e. The number of piperazine rings is 1. The third-order valence-electron chi connectivity index (χ3n) is 2.82. The van der Waals surface area contributed by atoms with Crippen LogP contribution < -0.4 is 10.6 Å². The van der Waals surface area contributed by atoms with Gasteiger partial charge >= 0.3 is 0 Å². The molecule has 0 spiro atoms. The summed E-state index contributed by atoms with van der Waals surface area (Å²) >= 11 is 0. The fourth-order valence-electron chi connectivity index (χ4n) is 1.83. The second-order valence-electron chi connectivity index (χ2n) is 3.87. The molecular formula is C12H17N3O. The first kappa shape index (κ1) is 11.0. The van der Waals surface area contributed by atoms with E-state index in [2.05, 4.69) is 10.6 Å². The minimum atomic E-state index is 0.129. The quantitative estimate of drug-likeness (QED) is 0.772. The fourth-order valence-corrected chi connectivity index (χ4v) is 1.83. The number of carbonyl (C=O) groups is 1. The van der Waals surface area contributed by atoms with Crippen LogP contribution in [0.2, 0.25) is 0 Å². The van der Waals surface area contributed by atoms with Crippen molar-refractivity contribution in [2.75, 3.05) is 38.5 Å². The summed E-state index contributed by atoms with van der Waals surface area (Å²) in [6.07, 6.45) is 0. The molecule has 2 N–H and O–H groups in total. The number of rotatable bonds is 2. The number of benzene rings is 1. The lowest BCUT2D eigenvalue weighted by Crippen LogP contribution is -2.46. The molecule has 16 heavy (non-hydrogen) atoms. The van der Waals surface area contributed by atoms with Gasteiger partial charge < -0.3 is 15.5 Å². The zero-order valence-electron chi connectivity index (χ0n) is 9.49. The third-order valence-corrected chi connectivity index (χ3v) is 2.82. The number of carbonyl (C=O) groups excluding carboxylic acids is 1. The summed E-state index contributed by atoms with van der Waals surface area (Å²) < 4.78 is 0. The fraction of sp³-hybridized carbons (Fsp3) is 0.417. The Labute approximate surface area is 95.6 Å². The second-order valence-corrected chi connectivity index (χ2v) is 3.87. The van der Waals surface area contributed by atoms with Crippen LogP contribution in [0.1, 0.15) is 10.4 Å². The maximum absolute atomic E-state index is 12.1. The molecule has 2 rings (SSSR count). The molecule has 0 unspecified atom stereocenters. The number of amides is 1. The Balaban J connectivity index is 2.07. The van der Waals surface area contributed by atoms with Crippen LogP contribution in [-0.4, -0.2) is 44.0 Å². The first-order valence-corrected chi connectivity index (χ1v) is 5.59. The van der Waals surface area contributed by atoms with Gasteiger partial charge in [-0.15, -0.1) is 0 Å². The molecule has 1 aromatic carbocycles. The van der Waals surface area contributed by atoms with Gasteiger partial charge in [-0.05, 0) is 24.3 Å². The Hall–Kier alpha value is -1.55. The zero-order chi connectivity index (χ0) is 11.4. The number of nitrogens with one attached hydrogen (secondary N) is 2. The van der Waals surface area contributed by atoms with Crippen LogP contribution in [0.4, 0.5) is 5.69 Å². The summed E-state index contributed by atoms with van der Waals surface area (Å²) in [5, 5.41) is 6.27. The van der Waals surface area contributed by atoms with Gasteiger partial charge in [0.1, 0.15) is 0 Å². The molecule has 1 saturated heterocycles. The van der Waals surface area contributed by atoms with E-state index < -0.39 is 0 Å². The highest BCUT2D eigenvalue weighted by molar-refractivity contribution is 5.94. The molecule has 1 aliphatic heterocycles. The van der Waals surface area contributed by atoms with E-state index in [1.54, 1.807) is 0 Å². The molecule has 0 atom stereocenters. The predicted octanol–water partition coefficient (Wildman–Crippen LogP) is 0.774. The SMILES string of the molecule is CNc1ccc(C(=O)N2CCNCC2)cc1. The van der Waals surface area contributed by atoms with Gasteiger partial charge in [0, 0.05) is 44.5 Å². The highest BCUT2D eigenvalue weighted by atomic mass is 16.2. The van der Waals surface area contributed by atoms with Crippen LogP contribution in [0, 0.1) is 0 Å². The van der Waals surface area contributed by atoms with Gasteiger partial charge in [-0.1, -0.05) is 0 Å². The van der Waals surface area contributed by atoms with Crippen molar-refractivity contribution in [2.24, 2.45) is 0 Å². The highest BCUT2D eigenvalue weighted by Crippen LogP contribution is 2.11. The number of nitrogens with zero attached hydrogens (tertiary/aromatic N) is 1. The van der Waals surface area contributed by atoms with Gasteiger partial charge in [-0.25, -0.2) is 0 Å². The van der Waals surface area contributed by atoms with E-state index >= 15 is 0 Å². The van der Waals surface area contributed by atoms with Crippen molar-refractivity contribution in [1.29, 1.82) is 0 Å². The lowest BCUT2D eigenvalue weighted by atomic mass is 10.1. The zero-order valence-corrected chi connectivity index (χ0v) is 9.49. The van der Waals surface area contributed by atoms with E-state index in [1.807, 2.05) is 36.2 Å². The molecule has 1 amide bonds. The van der Waals surface area contributed by atoms with E-state index in [0.717, 1.165) is 37.4 Å². The summed E-state index contributed by atoms with van der Waals surface area (Å²) in [4.78, 5) is 14.0. The Morgan fingerprint density at radius 1 is 1.25 bits per heavy atom. The molecule has 4 heteroatoms. The second kappa shape index (κ2) is 4.99. The normalized spacial score (nSPS) is 15.9. The number of hydrogen-bond acceptors (Lipinski definition) is 3. The van der Waals surface area contributed by atoms with Gasteiger partial charge in [-0.2, -0.15) is 0 Å². The first-order chi connectivity index (χ1) is 7.81. The molecule has 0 aromatic heterocycles.